The van der Waals surface area contributed by atoms with E-state index in [0.717, 1.165) is 17.0 Å². The van der Waals surface area contributed by atoms with Crippen LogP contribution >= 0.6 is 23.1 Å². The third kappa shape index (κ3) is 3.43. The van der Waals surface area contributed by atoms with Gasteiger partial charge in [-0.2, -0.15) is 9.47 Å². The molecule has 0 aliphatic heterocycles. The zero-order chi connectivity index (χ0) is 16.4. The first-order valence-electron chi connectivity index (χ1n) is 7.01. The molecule has 3 rings (SSSR count). The van der Waals surface area contributed by atoms with E-state index in [0.29, 0.717) is 10.6 Å². The molecule has 0 spiro atoms. The van der Waals surface area contributed by atoms with Gasteiger partial charge in [-0.15, -0.1) is 0 Å². The predicted octanol–water partition coefficient (Wildman–Crippen LogP) is 3.36. The van der Waals surface area contributed by atoms with Crippen molar-refractivity contribution < 1.29 is 4.79 Å². The minimum atomic E-state index is -0.347. The zero-order valence-corrected chi connectivity index (χ0v) is 14.2. The third-order valence-corrected chi connectivity index (χ3v) is 4.48. The molecule has 2 heterocycles. The van der Waals surface area contributed by atoms with Crippen molar-refractivity contribution in [1.82, 2.24) is 19.5 Å². The Balaban J connectivity index is 1.94. The van der Waals surface area contributed by atoms with Gasteiger partial charge in [-0.3, -0.25) is 9.48 Å². The van der Waals surface area contributed by atoms with Gasteiger partial charge in [-0.25, -0.2) is 0 Å². The summed E-state index contributed by atoms with van der Waals surface area (Å²) in [5, 5.41) is 9.86. The van der Waals surface area contributed by atoms with Crippen LogP contribution in [-0.4, -0.2) is 20.1 Å². The lowest BCUT2D eigenvalue weighted by molar-refractivity contribution is 0.0942. The second-order valence-corrected chi connectivity index (χ2v) is 6.25. The Labute approximate surface area is 143 Å². The molecular weight excluding hydrogens is 332 g/mol. The summed E-state index contributed by atoms with van der Waals surface area (Å²) in [6, 6.07) is 8.92. The quantitative estimate of drug-likeness (QED) is 0.788. The number of carbonyl (C=O) groups is 1. The monoisotopic (exact) mass is 346 g/mol. The van der Waals surface area contributed by atoms with E-state index >= 15 is 0 Å². The van der Waals surface area contributed by atoms with Crippen molar-refractivity contribution in [2.24, 2.45) is 7.05 Å². The first-order valence-corrected chi connectivity index (χ1v) is 8.23. The standard InChI is InChI=1S/C16H15ClN4OS/c1-10-13(9-23-20-10)16(22)18-15(14-7-8-21(2)19-14)11-3-5-12(17)6-4-11/h3-9,15H,1-2H3,(H,18,22)/t15-/m0/s1. The maximum absolute atomic E-state index is 12.6. The molecule has 1 atom stereocenters. The van der Waals surface area contributed by atoms with Crippen LogP contribution in [0.2, 0.25) is 5.02 Å². The lowest BCUT2D eigenvalue weighted by atomic mass is 10.0. The van der Waals surface area contributed by atoms with Crippen LogP contribution < -0.4 is 5.32 Å². The number of amides is 1. The molecule has 0 radical (unpaired) electrons. The minimum Gasteiger partial charge on any atom is -0.339 e. The molecule has 118 valence electrons. The largest absolute Gasteiger partial charge is 0.339 e. The van der Waals surface area contributed by atoms with Crippen LogP contribution in [0.1, 0.15) is 33.4 Å². The summed E-state index contributed by atoms with van der Waals surface area (Å²) in [4.78, 5) is 12.6. The van der Waals surface area contributed by atoms with E-state index in [2.05, 4.69) is 14.8 Å². The molecule has 0 aliphatic carbocycles. The summed E-state index contributed by atoms with van der Waals surface area (Å²) in [5.74, 6) is -0.165. The number of rotatable bonds is 4. The fourth-order valence-corrected chi connectivity index (χ4v) is 3.11. The Morgan fingerprint density at radius 1 is 1.30 bits per heavy atom. The van der Waals surface area contributed by atoms with Crippen molar-refractivity contribution in [1.29, 1.82) is 0 Å². The van der Waals surface area contributed by atoms with Crippen LogP contribution in [-0.2, 0) is 7.05 Å². The normalized spacial score (nSPS) is 12.1. The van der Waals surface area contributed by atoms with Gasteiger partial charge >= 0.3 is 0 Å². The van der Waals surface area contributed by atoms with Gasteiger partial charge in [0.25, 0.3) is 5.91 Å². The molecule has 0 aliphatic rings. The number of benzene rings is 1. The molecule has 3 aromatic rings. The number of nitrogens with one attached hydrogen (secondary N) is 1. The van der Waals surface area contributed by atoms with Crippen LogP contribution in [0.5, 0.6) is 0 Å². The number of carbonyl (C=O) groups excluding carboxylic acids is 1. The summed E-state index contributed by atoms with van der Waals surface area (Å²) >= 11 is 7.23. The average Bonchev–Trinajstić information content (AvgIpc) is 3.14. The topological polar surface area (TPSA) is 59.8 Å². The summed E-state index contributed by atoms with van der Waals surface area (Å²) in [5.41, 5.74) is 3.00. The number of halogens is 1. The molecule has 7 heteroatoms. The zero-order valence-electron chi connectivity index (χ0n) is 12.7. The maximum atomic E-state index is 12.6. The van der Waals surface area contributed by atoms with Crippen LogP contribution in [0.4, 0.5) is 0 Å². The van der Waals surface area contributed by atoms with Crippen molar-refractivity contribution in [2.45, 2.75) is 13.0 Å². The van der Waals surface area contributed by atoms with Gasteiger partial charge in [0.2, 0.25) is 0 Å². The van der Waals surface area contributed by atoms with Gasteiger partial charge in [0.15, 0.2) is 0 Å². The second kappa shape index (κ2) is 6.52. The van der Waals surface area contributed by atoms with E-state index in [9.17, 15) is 4.79 Å². The Morgan fingerprint density at radius 3 is 2.61 bits per heavy atom. The van der Waals surface area contributed by atoms with Crippen LogP contribution in [0.3, 0.4) is 0 Å². The molecule has 0 saturated heterocycles. The van der Waals surface area contributed by atoms with E-state index in [4.69, 9.17) is 11.6 Å². The molecule has 0 fully saturated rings. The lowest BCUT2D eigenvalue weighted by Gasteiger charge is -2.17. The first kappa shape index (κ1) is 15.7. The molecular formula is C16H15ClN4OS. The fourth-order valence-electron chi connectivity index (χ4n) is 2.29. The fraction of sp³-hybridized carbons (Fsp3) is 0.188. The molecule has 0 unspecified atom stereocenters. The minimum absolute atomic E-state index is 0.165. The highest BCUT2D eigenvalue weighted by Gasteiger charge is 2.21. The van der Waals surface area contributed by atoms with Crippen molar-refractivity contribution in [3.8, 4) is 0 Å². The molecule has 0 bridgehead atoms. The van der Waals surface area contributed by atoms with Crippen molar-refractivity contribution in [2.75, 3.05) is 0 Å². The molecule has 0 saturated carbocycles. The average molecular weight is 347 g/mol. The van der Waals surface area contributed by atoms with Gasteiger partial charge in [-0.1, -0.05) is 23.7 Å². The molecule has 5 nitrogen and oxygen atoms in total. The summed E-state index contributed by atoms with van der Waals surface area (Å²) in [6.07, 6.45) is 1.85. The van der Waals surface area contributed by atoms with E-state index in [-0.39, 0.29) is 11.9 Å². The Bertz CT molecular complexity index is 825. The number of aryl methyl sites for hydroxylation is 2. The van der Waals surface area contributed by atoms with Gasteiger partial charge in [0.1, 0.15) is 0 Å². The van der Waals surface area contributed by atoms with Crippen LogP contribution in [0.15, 0.2) is 41.9 Å². The van der Waals surface area contributed by atoms with E-state index in [1.54, 1.807) is 22.2 Å². The van der Waals surface area contributed by atoms with Crippen LogP contribution in [0.25, 0.3) is 0 Å². The highest BCUT2D eigenvalue weighted by molar-refractivity contribution is 7.03. The number of nitrogens with zero attached hydrogens (tertiary/aromatic N) is 3. The number of hydrogen-bond donors (Lipinski definition) is 1. The number of aromatic nitrogens is 3. The van der Waals surface area contributed by atoms with E-state index in [1.165, 1.54) is 11.5 Å². The third-order valence-electron chi connectivity index (χ3n) is 3.50. The molecule has 23 heavy (non-hydrogen) atoms. The summed E-state index contributed by atoms with van der Waals surface area (Å²) < 4.78 is 5.86. The van der Waals surface area contributed by atoms with Crippen molar-refractivity contribution in [3.05, 3.63) is 69.4 Å². The summed E-state index contributed by atoms with van der Waals surface area (Å²) in [7, 11) is 1.84. The van der Waals surface area contributed by atoms with Gasteiger partial charge < -0.3 is 5.32 Å². The Hall–Kier alpha value is -2.18. The summed E-state index contributed by atoms with van der Waals surface area (Å²) in [6.45, 7) is 1.82. The maximum Gasteiger partial charge on any atom is 0.254 e. The SMILES string of the molecule is Cc1nscc1C(=O)N[C@@H](c1ccc(Cl)cc1)c1ccn(C)n1. The first-order chi connectivity index (χ1) is 11.0. The van der Waals surface area contributed by atoms with Crippen molar-refractivity contribution >= 4 is 29.0 Å². The van der Waals surface area contributed by atoms with E-state index < -0.39 is 0 Å². The van der Waals surface area contributed by atoms with Crippen molar-refractivity contribution in [3.63, 3.8) is 0 Å². The molecule has 1 aromatic carbocycles. The smallest absolute Gasteiger partial charge is 0.254 e. The predicted molar refractivity (Wildman–Crippen MR) is 90.8 cm³/mol. The Kier molecular flexibility index (Phi) is 4.45. The van der Waals surface area contributed by atoms with Gasteiger partial charge in [0.05, 0.1) is 23.0 Å². The number of hydrogen-bond acceptors (Lipinski definition) is 4. The van der Waals surface area contributed by atoms with E-state index in [1.807, 2.05) is 38.4 Å². The molecule has 1 amide bonds. The highest BCUT2D eigenvalue weighted by atomic mass is 35.5. The molecule has 1 N–H and O–H groups in total. The van der Waals surface area contributed by atoms with Gasteiger partial charge in [-0.05, 0) is 42.2 Å². The molecule has 2 aromatic heterocycles. The van der Waals surface area contributed by atoms with Gasteiger partial charge in [0, 0.05) is 23.6 Å². The second-order valence-electron chi connectivity index (χ2n) is 5.19. The lowest BCUT2D eigenvalue weighted by Crippen LogP contribution is -2.30. The Morgan fingerprint density at radius 2 is 2.04 bits per heavy atom. The highest BCUT2D eigenvalue weighted by Crippen LogP contribution is 2.23. The van der Waals surface area contributed by atoms with Crippen LogP contribution in [0, 0.1) is 6.92 Å².